The molecule has 1 aliphatic rings. The number of esters is 1. The van der Waals surface area contributed by atoms with Crippen LogP contribution >= 0.6 is 0 Å². The maximum absolute atomic E-state index is 13.9. The summed E-state index contributed by atoms with van der Waals surface area (Å²) in [6.07, 6.45) is 2.01. The predicted molar refractivity (Wildman–Crippen MR) is 154 cm³/mol. The summed E-state index contributed by atoms with van der Waals surface area (Å²) in [7, 11) is -4.15. The van der Waals surface area contributed by atoms with Crippen molar-refractivity contribution in [3.63, 3.8) is 0 Å². The SMILES string of the molecule is CCOC(=O)C(CC)S(=O)(=O)N(Cc1ccc2ccc(C(=N)N)cc2c1)c1ccc(OC2CCNCC2)cc1. The van der Waals surface area contributed by atoms with Crippen LogP contribution in [0.5, 0.6) is 5.75 Å². The van der Waals surface area contributed by atoms with Gasteiger partial charge in [0.15, 0.2) is 5.25 Å². The molecule has 1 fully saturated rings. The summed E-state index contributed by atoms with van der Waals surface area (Å²) in [5.41, 5.74) is 7.40. The summed E-state index contributed by atoms with van der Waals surface area (Å²) >= 11 is 0. The number of benzene rings is 3. The van der Waals surface area contributed by atoms with Gasteiger partial charge in [0, 0.05) is 5.56 Å². The first-order chi connectivity index (χ1) is 18.7. The van der Waals surface area contributed by atoms with Crippen molar-refractivity contribution in [3.8, 4) is 5.75 Å². The van der Waals surface area contributed by atoms with Gasteiger partial charge in [-0.2, -0.15) is 0 Å². The number of amidine groups is 1. The molecule has 1 aliphatic heterocycles. The highest BCUT2D eigenvalue weighted by atomic mass is 32.2. The molecular weight excluding hydrogens is 516 g/mol. The monoisotopic (exact) mass is 552 g/mol. The Morgan fingerprint density at radius 1 is 1.05 bits per heavy atom. The number of nitrogen functional groups attached to an aromatic ring is 1. The standard InChI is InChI=1S/C29H36N4O5S/c1-3-27(29(34)37-4-2)39(35,36)33(24-9-11-25(12-10-24)38-26-13-15-32-16-14-26)19-20-5-6-21-7-8-22(28(30)31)18-23(21)17-20/h5-12,17-18,26-27,32H,3-4,13-16,19H2,1-2H3,(H3,30,31). The Kier molecular flexibility index (Phi) is 9.08. The molecule has 0 spiro atoms. The largest absolute Gasteiger partial charge is 0.490 e. The summed E-state index contributed by atoms with van der Waals surface area (Å²) < 4.78 is 40.3. The Bertz CT molecular complexity index is 1420. The van der Waals surface area contributed by atoms with Gasteiger partial charge in [-0.15, -0.1) is 0 Å². The Hall–Kier alpha value is -3.63. The highest BCUT2D eigenvalue weighted by Crippen LogP contribution is 2.29. The molecule has 1 atom stereocenters. The van der Waals surface area contributed by atoms with Crippen molar-refractivity contribution in [2.75, 3.05) is 24.0 Å². The molecule has 0 aromatic heterocycles. The average molecular weight is 553 g/mol. The summed E-state index contributed by atoms with van der Waals surface area (Å²) in [4.78, 5) is 12.7. The third-order valence-corrected chi connectivity index (χ3v) is 9.04. The van der Waals surface area contributed by atoms with Crippen molar-refractivity contribution in [3.05, 3.63) is 71.8 Å². The van der Waals surface area contributed by atoms with Crippen molar-refractivity contribution in [2.45, 2.75) is 51.0 Å². The molecule has 1 unspecified atom stereocenters. The number of nitrogens with zero attached hydrogens (tertiary/aromatic N) is 1. The van der Waals surface area contributed by atoms with Gasteiger partial charge in [-0.3, -0.25) is 14.5 Å². The van der Waals surface area contributed by atoms with Gasteiger partial charge in [0.05, 0.1) is 18.8 Å². The molecule has 1 heterocycles. The van der Waals surface area contributed by atoms with Gasteiger partial charge in [0.2, 0.25) is 10.0 Å². The summed E-state index contributed by atoms with van der Waals surface area (Å²) in [5, 5.41) is 11.5. The lowest BCUT2D eigenvalue weighted by Crippen LogP contribution is -2.43. The van der Waals surface area contributed by atoms with Crippen molar-refractivity contribution in [1.29, 1.82) is 5.41 Å². The molecule has 0 amide bonds. The van der Waals surface area contributed by atoms with Gasteiger partial charge in [0.1, 0.15) is 17.7 Å². The number of hydrogen-bond acceptors (Lipinski definition) is 7. The van der Waals surface area contributed by atoms with Crippen molar-refractivity contribution < 1.29 is 22.7 Å². The van der Waals surface area contributed by atoms with Crippen molar-refractivity contribution >= 4 is 38.3 Å². The molecule has 3 aromatic rings. The molecular formula is C29H36N4O5S. The van der Waals surface area contributed by atoms with E-state index in [4.69, 9.17) is 20.6 Å². The minimum Gasteiger partial charge on any atom is -0.490 e. The lowest BCUT2D eigenvalue weighted by atomic mass is 10.0. The number of nitrogens with one attached hydrogen (secondary N) is 2. The molecule has 9 nitrogen and oxygen atoms in total. The number of ether oxygens (including phenoxy) is 2. The van der Waals surface area contributed by atoms with Crippen LogP contribution in [0.4, 0.5) is 5.69 Å². The van der Waals surface area contributed by atoms with E-state index in [2.05, 4.69) is 5.32 Å². The number of hydrogen-bond donors (Lipinski definition) is 3. The first-order valence-corrected chi connectivity index (χ1v) is 14.8. The number of nitrogens with two attached hydrogens (primary N) is 1. The molecule has 3 aromatic carbocycles. The van der Waals surface area contributed by atoms with E-state index in [0.29, 0.717) is 17.0 Å². The molecule has 0 aliphatic carbocycles. The lowest BCUT2D eigenvalue weighted by molar-refractivity contribution is -0.142. The highest BCUT2D eigenvalue weighted by molar-refractivity contribution is 7.94. The zero-order chi connectivity index (χ0) is 28.0. The van der Waals surface area contributed by atoms with Crippen LogP contribution in [0.25, 0.3) is 10.8 Å². The topological polar surface area (TPSA) is 135 Å². The maximum atomic E-state index is 13.9. The fraction of sp³-hybridized carbons (Fsp3) is 0.379. The minimum atomic E-state index is -4.15. The van der Waals surface area contributed by atoms with E-state index >= 15 is 0 Å². The Morgan fingerprint density at radius 3 is 2.38 bits per heavy atom. The number of rotatable bonds is 11. The van der Waals surface area contributed by atoms with Crippen LogP contribution in [-0.4, -0.2) is 51.3 Å². The third kappa shape index (κ3) is 6.69. The smallest absolute Gasteiger partial charge is 0.326 e. The Labute approximate surface area is 229 Å². The van der Waals surface area contributed by atoms with Gasteiger partial charge in [-0.1, -0.05) is 31.2 Å². The lowest BCUT2D eigenvalue weighted by Gasteiger charge is -2.29. The normalized spacial score (nSPS) is 15.0. The summed E-state index contributed by atoms with van der Waals surface area (Å²) in [6, 6.07) is 18.1. The minimum absolute atomic E-state index is 0.00692. The van der Waals surface area contributed by atoms with Gasteiger partial charge in [-0.05, 0) is 92.0 Å². The van der Waals surface area contributed by atoms with Crippen molar-refractivity contribution in [1.82, 2.24) is 5.32 Å². The Balaban J connectivity index is 1.69. The molecule has 4 rings (SSSR count). The molecule has 0 radical (unpaired) electrons. The number of piperidine rings is 1. The first-order valence-electron chi connectivity index (χ1n) is 13.3. The van der Waals surface area contributed by atoms with Crippen LogP contribution in [0.2, 0.25) is 0 Å². The number of fused-ring (bicyclic) bond motifs is 1. The van der Waals surface area contributed by atoms with Crippen LogP contribution in [0.3, 0.4) is 0 Å². The zero-order valence-corrected chi connectivity index (χ0v) is 23.2. The third-order valence-electron chi connectivity index (χ3n) is 6.84. The average Bonchev–Trinajstić information content (AvgIpc) is 2.92. The fourth-order valence-electron chi connectivity index (χ4n) is 4.74. The zero-order valence-electron chi connectivity index (χ0n) is 22.4. The second kappa shape index (κ2) is 12.5. The number of carbonyl (C=O) groups excluding carboxylic acids is 1. The number of sulfonamides is 1. The van der Waals surface area contributed by atoms with Crippen LogP contribution in [0, 0.1) is 5.41 Å². The quantitative estimate of drug-likeness (QED) is 0.186. The molecule has 4 N–H and O–H groups in total. The van der Waals surface area contributed by atoms with Crippen molar-refractivity contribution in [2.24, 2.45) is 5.73 Å². The van der Waals surface area contributed by atoms with E-state index < -0.39 is 21.2 Å². The van der Waals surface area contributed by atoms with Gasteiger partial charge in [-0.25, -0.2) is 8.42 Å². The molecule has 0 saturated carbocycles. The van der Waals surface area contributed by atoms with E-state index in [0.717, 1.165) is 42.3 Å². The fourth-order valence-corrected chi connectivity index (χ4v) is 6.52. The molecule has 208 valence electrons. The molecule has 39 heavy (non-hydrogen) atoms. The van der Waals surface area contributed by atoms with Gasteiger partial charge < -0.3 is 20.5 Å². The summed E-state index contributed by atoms with van der Waals surface area (Å²) in [6.45, 7) is 5.22. The van der Waals surface area contributed by atoms with Gasteiger partial charge >= 0.3 is 5.97 Å². The van der Waals surface area contributed by atoms with Crippen LogP contribution in [0.15, 0.2) is 60.7 Å². The van der Waals surface area contributed by atoms with Gasteiger partial charge in [0.25, 0.3) is 0 Å². The van der Waals surface area contributed by atoms with Crippen LogP contribution in [0.1, 0.15) is 44.2 Å². The highest BCUT2D eigenvalue weighted by Gasteiger charge is 2.38. The van der Waals surface area contributed by atoms with Crippen LogP contribution < -0.4 is 20.1 Å². The second-order valence-electron chi connectivity index (χ2n) is 9.57. The maximum Gasteiger partial charge on any atom is 0.326 e. The number of carbonyl (C=O) groups is 1. The van der Waals surface area contributed by atoms with Crippen LogP contribution in [-0.2, 0) is 26.1 Å². The predicted octanol–water partition coefficient (Wildman–Crippen LogP) is 3.93. The first kappa shape index (κ1) is 28.4. The summed E-state index contributed by atoms with van der Waals surface area (Å²) in [5.74, 6) is -0.137. The molecule has 0 bridgehead atoms. The molecule has 1 saturated heterocycles. The van der Waals surface area contributed by atoms with E-state index in [1.165, 1.54) is 4.31 Å². The van der Waals surface area contributed by atoms with E-state index in [1.807, 2.05) is 24.3 Å². The Morgan fingerprint density at radius 2 is 1.74 bits per heavy atom. The second-order valence-corrected chi connectivity index (χ2v) is 11.6. The van der Waals surface area contributed by atoms with E-state index in [1.54, 1.807) is 50.2 Å². The van der Waals surface area contributed by atoms with E-state index in [9.17, 15) is 13.2 Å². The van der Waals surface area contributed by atoms with E-state index in [-0.39, 0.29) is 31.5 Å². The number of anilines is 1. The molecule has 10 heteroatoms.